The van der Waals surface area contributed by atoms with E-state index in [2.05, 4.69) is 10.2 Å². The first-order valence-corrected chi connectivity index (χ1v) is 10.7. The van der Waals surface area contributed by atoms with Gasteiger partial charge in [-0.2, -0.15) is 0 Å². The first-order chi connectivity index (χ1) is 14.6. The van der Waals surface area contributed by atoms with Crippen molar-refractivity contribution in [1.29, 1.82) is 0 Å². The minimum atomic E-state index is -0.108. The van der Waals surface area contributed by atoms with E-state index >= 15 is 0 Å². The molecule has 0 atom stereocenters. The summed E-state index contributed by atoms with van der Waals surface area (Å²) >= 11 is 0. The fourth-order valence-electron chi connectivity index (χ4n) is 3.97. The quantitative estimate of drug-likeness (QED) is 0.759. The monoisotopic (exact) mass is 409 g/mol. The Morgan fingerprint density at radius 3 is 2.23 bits per heavy atom. The average molecular weight is 410 g/mol. The molecule has 30 heavy (non-hydrogen) atoms. The third kappa shape index (κ3) is 4.75. The molecular weight excluding hydrogens is 378 g/mol. The third-order valence-electron chi connectivity index (χ3n) is 5.71. The predicted octanol–water partition coefficient (Wildman–Crippen LogP) is 3.58. The number of benzene rings is 2. The molecule has 6 nitrogen and oxygen atoms in total. The molecule has 2 aromatic carbocycles. The minimum absolute atomic E-state index is 0.0715. The number of carbonyl (C=O) groups is 2. The lowest BCUT2D eigenvalue weighted by molar-refractivity contribution is 0.0773. The number of anilines is 1. The van der Waals surface area contributed by atoms with Crippen molar-refractivity contribution in [3.8, 4) is 5.75 Å². The van der Waals surface area contributed by atoms with E-state index in [1.807, 2.05) is 55.1 Å². The van der Waals surface area contributed by atoms with E-state index in [1.165, 1.54) is 0 Å². The zero-order valence-corrected chi connectivity index (χ0v) is 18.1. The Balaban J connectivity index is 1.65. The summed E-state index contributed by atoms with van der Waals surface area (Å²) in [6.45, 7) is 6.97. The Morgan fingerprint density at radius 1 is 1.00 bits per heavy atom. The van der Waals surface area contributed by atoms with Crippen molar-refractivity contribution in [2.75, 3.05) is 38.2 Å². The van der Waals surface area contributed by atoms with Crippen LogP contribution in [0.4, 0.5) is 5.69 Å². The number of amides is 2. The lowest BCUT2D eigenvalue weighted by Crippen LogP contribution is -2.45. The van der Waals surface area contributed by atoms with Crippen molar-refractivity contribution in [3.05, 3.63) is 59.7 Å². The highest BCUT2D eigenvalue weighted by molar-refractivity contribution is 6.00. The Morgan fingerprint density at radius 2 is 1.60 bits per heavy atom. The summed E-state index contributed by atoms with van der Waals surface area (Å²) < 4.78 is 5.30. The number of methoxy groups -OCH3 is 1. The molecule has 0 saturated carbocycles. The molecular formula is C24H31N3O3. The number of nitrogens with one attached hydrogen (secondary N) is 1. The standard InChI is InChI=1S/C24H31N3O3/c1-4-26(5-2)24(29)19-10-6-8-12-21(19)27-16-14-18(15-17-27)25-23(28)20-11-7-9-13-22(20)30-3/h6-13,18H,4-5,14-17H2,1-3H3,(H,25,28). The van der Waals surface area contributed by atoms with Gasteiger partial charge in [-0.1, -0.05) is 24.3 Å². The molecule has 2 amide bonds. The van der Waals surface area contributed by atoms with Gasteiger partial charge >= 0.3 is 0 Å². The summed E-state index contributed by atoms with van der Waals surface area (Å²) in [5.41, 5.74) is 2.28. The summed E-state index contributed by atoms with van der Waals surface area (Å²) in [6, 6.07) is 15.2. The highest BCUT2D eigenvalue weighted by Gasteiger charge is 2.25. The van der Waals surface area contributed by atoms with E-state index in [0.29, 0.717) is 24.4 Å². The molecule has 160 valence electrons. The van der Waals surface area contributed by atoms with E-state index in [4.69, 9.17) is 4.74 Å². The molecule has 1 aliphatic heterocycles. The van der Waals surface area contributed by atoms with Crippen molar-refractivity contribution < 1.29 is 14.3 Å². The van der Waals surface area contributed by atoms with Crippen molar-refractivity contribution in [2.45, 2.75) is 32.7 Å². The first-order valence-electron chi connectivity index (χ1n) is 10.7. The van der Waals surface area contributed by atoms with Gasteiger partial charge in [-0.3, -0.25) is 9.59 Å². The smallest absolute Gasteiger partial charge is 0.255 e. The average Bonchev–Trinajstić information content (AvgIpc) is 2.80. The highest BCUT2D eigenvalue weighted by Crippen LogP contribution is 2.26. The van der Waals surface area contributed by atoms with Crippen LogP contribution in [0.2, 0.25) is 0 Å². The molecule has 3 rings (SSSR count). The Labute approximate surface area is 178 Å². The van der Waals surface area contributed by atoms with E-state index in [-0.39, 0.29) is 17.9 Å². The molecule has 1 fully saturated rings. The van der Waals surface area contributed by atoms with Gasteiger partial charge in [0.2, 0.25) is 0 Å². The van der Waals surface area contributed by atoms with Gasteiger partial charge in [-0.05, 0) is 51.0 Å². The van der Waals surface area contributed by atoms with Crippen LogP contribution >= 0.6 is 0 Å². The maximum atomic E-state index is 12.9. The Kier molecular flexibility index (Phi) is 7.33. The van der Waals surface area contributed by atoms with Gasteiger partial charge in [-0.25, -0.2) is 0 Å². The largest absolute Gasteiger partial charge is 0.496 e. The van der Waals surface area contributed by atoms with Crippen LogP contribution in [-0.2, 0) is 0 Å². The van der Waals surface area contributed by atoms with E-state index < -0.39 is 0 Å². The molecule has 0 unspecified atom stereocenters. The van der Waals surface area contributed by atoms with Gasteiger partial charge in [0.25, 0.3) is 11.8 Å². The van der Waals surface area contributed by atoms with E-state index in [1.54, 1.807) is 19.2 Å². The van der Waals surface area contributed by atoms with Gasteiger partial charge in [0, 0.05) is 37.9 Å². The van der Waals surface area contributed by atoms with Crippen LogP contribution < -0.4 is 15.0 Å². The predicted molar refractivity (Wildman–Crippen MR) is 119 cm³/mol. The number of rotatable bonds is 7. The van der Waals surface area contributed by atoms with Crippen LogP contribution in [-0.4, -0.2) is 56.0 Å². The Hall–Kier alpha value is -3.02. The normalized spacial score (nSPS) is 14.3. The second-order valence-electron chi connectivity index (χ2n) is 7.43. The Bertz CT molecular complexity index is 872. The summed E-state index contributed by atoms with van der Waals surface area (Å²) in [5, 5.41) is 3.13. The van der Waals surface area contributed by atoms with Gasteiger partial charge in [0.15, 0.2) is 0 Å². The SMILES string of the molecule is CCN(CC)C(=O)c1ccccc1N1CCC(NC(=O)c2ccccc2OC)CC1. The van der Waals surface area contributed by atoms with Crippen molar-refractivity contribution >= 4 is 17.5 Å². The second-order valence-corrected chi connectivity index (χ2v) is 7.43. The number of para-hydroxylation sites is 2. The molecule has 0 bridgehead atoms. The van der Waals surface area contributed by atoms with Crippen LogP contribution in [0.1, 0.15) is 47.4 Å². The van der Waals surface area contributed by atoms with Gasteiger partial charge in [0.05, 0.1) is 18.2 Å². The highest BCUT2D eigenvalue weighted by atomic mass is 16.5. The maximum Gasteiger partial charge on any atom is 0.255 e. The van der Waals surface area contributed by atoms with Gasteiger partial charge < -0.3 is 19.9 Å². The lowest BCUT2D eigenvalue weighted by atomic mass is 10.0. The van der Waals surface area contributed by atoms with Crippen LogP contribution in [0.3, 0.4) is 0 Å². The first kappa shape index (κ1) is 21.7. The summed E-state index contributed by atoms with van der Waals surface area (Å²) in [7, 11) is 1.57. The van der Waals surface area contributed by atoms with Crippen molar-refractivity contribution in [1.82, 2.24) is 10.2 Å². The summed E-state index contributed by atoms with van der Waals surface area (Å²) in [5.74, 6) is 0.543. The van der Waals surface area contributed by atoms with Crippen LogP contribution in [0.15, 0.2) is 48.5 Å². The molecule has 0 spiro atoms. The molecule has 0 aliphatic carbocycles. The number of carbonyl (C=O) groups excluding carboxylic acids is 2. The second kappa shape index (κ2) is 10.1. The molecule has 2 aromatic rings. The minimum Gasteiger partial charge on any atom is -0.496 e. The van der Waals surface area contributed by atoms with E-state index in [0.717, 1.165) is 37.2 Å². The number of nitrogens with zero attached hydrogens (tertiary/aromatic N) is 2. The van der Waals surface area contributed by atoms with Crippen LogP contribution in [0.5, 0.6) is 5.75 Å². The van der Waals surface area contributed by atoms with Crippen molar-refractivity contribution in [3.63, 3.8) is 0 Å². The topological polar surface area (TPSA) is 61.9 Å². The van der Waals surface area contributed by atoms with Crippen molar-refractivity contribution in [2.24, 2.45) is 0 Å². The lowest BCUT2D eigenvalue weighted by Gasteiger charge is -2.35. The number of piperidine rings is 1. The maximum absolute atomic E-state index is 12.9. The van der Waals surface area contributed by atoms with Gasteiger partial charge in [0.1, 0.15) is 5.75 Å². The number of hydrogen-bond donors (Lipinski definition) is 1. The molecule has 0 aromatic heterocycles. The zero-order chi connectivity index (χ0) is 21.5. The third-order valence-corrected chi connectivity index (χ3v) is 5.71. The summed E-state index contributed by atoms with van der Waals surface area (Å²) in [4.78, 5) is 29.7. The molecule has 1 saturated heterocycles. The molecule has 1 N–H and O–H groups in total. The number of ether oxygens (including phenoxy) is 1. The fraction of sp³-hybridized carbons (Fsp3) is 0.417. The van der Waals surface area contributed by atoms with Crippen LogP contribution in [0.25, 0.3) is 0 Å². The number of hydrogen-bond acceptors (Lipinski definition) is 4. The molecule has 6 heteroatoms. The molecule has 0 radical (unpaired) electrons. The fourth-order valence-corrected chi connectivity index (χ4v) is 3.97. The van der Waals surface area contributed by atoms with E-state index in [9.17, 15) is 9.59 Å². The van der Waals surface area contributed by atoms with Crippen LogP contribution in [0, 0.1) is 0 Å². The molecule has 1 heterocycles. The molecule has 1 aliphatic rings. The van der Waals surface area contributed by atoms with Gasteiger partial charge in [-0.15, -0.1) is 0 Å². The summed E-state index contributed by atoms with van der Waals surface area (Å²) in [6.07, 6.45) is 1.66. The zero-order valence-electron chi connectivity index (χ0n) is 18.1.